The Morgan fingerprint density at radius 2 is 1.14 bits per heavy atom. The quantitative estimate of drug-likeness (QED) is 0.346. The Kier molecular flexibility index (Phi) is 12.8. The number of nitrogens with one attached hydrogen (secondary N) is 2. The van der Waals surface area contributed by atoms with Gasteiger partial charge >= 0.3 is 11.9 Å². The van der Waals surface area contributed by atoms with Gasteiger partial charge in [0.25, 0.3) is 0 Å². The molecule has 0 saturated heterocycles. The number of hydrogen-bond donors (Lipinski definition) is 4. The van der Waals surface area contributed by atoms with Crippen LogP contribution >= 0.6 is 0 Å². The van der Waals surface area contributed by atoms with Crippen molar-refractivity contribution in [1.29, 1.82) is 0 Å². The van der Waals surface area contributed by atoms with Crippen LogP contribution in [-0.2, 0) is 9.59 Å². The van der Waals surface area contributed by atoms with Crippen molar-refractivity contribution in [3.05, 3.63) is 0 Å². The summed E-state index contributed by atoms with van der Waals surface area (Å²) in [6.45, 7) is 5.40. The second kappa shape index (κ2) is 13.5. The first-order valence-corrected chi connectivity index (χ1v) is 8.45. The summed E-state index contributed by atoms with van der Waals surface area (Å²) in [6, 6.07) is -0.867. The molecule has 0 bridgehead atoms. The summed E-state index contributed by atoms with van der Waals surface area (Å²) in [5.74, 6) is -1.55. The first-order chi connectivity index (χ1) is 10.5. The molecule has 2 atom stereocenters. The highest BCUT2D eigenvalue weighted by Gasteiger charge is 2.15. The zero-order chi connectivity index (χ0) is 16.8. The van der Waals surface area contributed by atoms with Gasteiger partial charge in [0.2, 0.25) is 0 Å². The van der Waals surface area contributed by atoms with Crippen LogP contribution in [0.3, 0.4) is 0 Å². The van der Waals surface area contributed by atoms with Crippen LogP contribution in [0.1, 0.15) is 65.2 Å². The average Bonchev–Trinajstić information content (AvgIpc) is 2.47. The van der Waals surface area contributed by atoms with Gasteiger partial charge in [-0.2, -0.15) is 0 Å². The summed E-state index contributed by atoms with van der Waals surface area (Å²) in [5, 5.41) is 24.1. The van der Waals surface area contributed by atoms with E-state index in [0.29, 0.717) is 12.8 Å². The molecule has 0 aromatic carbocycles. The number of carbonyl (C=O) groups is 2. The molecule has 0 rings (SSSR count). The Morgan fingerprint density at radius 1 is 0.773 bits per heavy atom. The lowest BCUT2D eigenvalue weighted by atomic mass is 10.1. The van der Waals surface area contributed by atoms with Gasteiger partial charge < -0.3 is 20.8 Å². The van der Waals surface area contributed by atoms with Crippen LogP contribution in [0.25, 0.3) is 0 Å². The molecule has 0 aliphatic carbocycles. The fourth-order valence-electron chi connectivity index (χ4n) is 2.36. The van der Waals surface area contributed by atoms with E-state index in [1.165, 1.54) is 0 Å². The number of rotatable bonds is 15. The van der Waals surface area contributed by atoms with Crippen LogP contribution in [-0.4, -0.2) is 47.3 Å². The third-order valence-electron chi connectivity index (χ3n) is 3.64. The Morgan fingerprint density at radius 3 is 1.41 bits per heavy atom. The second-order valence-corrected chi connectivity index (χ2v) is 5.68. The van der Waals surface area contributed by atoms with Crippen molar-refractivity contribution in [1.82, 2.24) is 10.6 Å². The maximum atomic E-state index is 10.9. The number of carboxylic acid groups (broad SMARTS) is 2. The molecule has 0 aliphatic heterocycles. The summed E-state index contributed by atoms with van der Waals surface area (Å²) in [5.41, 5.74) is 0. The van der Waals surface area contributed by atoms with Gasteiger partial charge in [0.1, 0.15) is 12.1 Å². The van der Waals surface area contributed by atoms with E-state index in [9.17, 15) is 9.59 Å². The minimum Gasteiger partial charge on any atom is -0.480 e. The summed E-state index contributed by atoms with van der Waals surface area (Å²) < 4.78 is 0. The summed E-state index contributed by atoms with van der Waals surface area (Å²) in [7, 11) is 0. The lowest BCUT2D eigenvalue weighted by Crippen LogP contribution is -2.37. The van der Waals surface area contributed by atoms with E-state index < -0.39 is 24.0 Å². The van der Waals surface area contributed by atoms with Crippen LogP contribution in [0.2, 0.25) is 0 Å². The van der Waals surface area contributed by atoms with Crippen LogP contribution in [0.15, 0.2) is 0 Å². The maximum Gasteiger partial charge on any atom is 0.320 e. The van der Waals surface area contributed by atoms with Crippen LogP contribution in [0.5, 0.6) is 0 Å². The van der Waals surface area contributed by atoms with Crippen molar-refractivity contribution in [3.63, 3.8) is 0 Å². The molecule has 0 heterocycles. The molecule has 0 radical (unpaired) electrons. The Hall–Kier alpha value is -1.14. The molecule has 0 aromatic rings. The van der Waals surface area contributed by atoms with Crippen molar-refractivity contribution >= 4 is 11.9 Å². The fraction of sp³-hybridized carbons (Fsp3) is 0.875. The Balaban J connectivity index is 3.57. The first kappa shape index (κ1) is 20.9. The molecule has 6 heteroatoms. The number of aliphatic carboxylic acids is 2. The van der Waals surface area contributed by atoms with Gasteiger partial charge in [0, 0.05) is 0 Å². The van der Waals surface area contributed by atoms with E-state index in [4.69, 9.17) is 10.2 Å². The topological polar surface area (TPSA) is 98.7 Å². The molecule has 0 aliphatic rings. The smallest absolute Gasteiger partial charge is 0.320 e. The molecule has 0 aromatic heterocycles. The van der Waals surface area contributed by atoms with Crippen molar-refractivity contribution in [2.24, 2.45) is 0 Å². The van der Waals surface area contributed by atoms with Crippen molar-refractivity contribution in [3.8, 4) is 0 Å². The molecule has 130 valence electrons. The largest absolute Gasteiger partial charge is 0.480 e. The summed E-state index contributed by atoms with van der Waals surface area (Å²) >= 11 is 0. The normalized spacial score (nSPS) is 13.7. The predicted octanol–water partition coefficient (Wildman–Crippen LogP) is 2.23. The zero-order valence-electron chi connectivity index (χ0n) is 13.9. The molecular formula is C16H32N2O4. The summed E-state index contributed by atoms with van der Waals surface area (Å²) in [6.07, 6.45) is 6.99. The lowest BCUT2D eigenvalue weighted by molar-refractivity contribution is -0.140. The number of carboxylic acids is 2. The highest BCUT2D eigenvalue weighted by molar-refractivity contribution is 5.73. The van der Waals surface area contributed by atoms with Gasteiger partial charge in [0.15, 0.2) is 0 Å². The van der Waals surface area contributed by atoms with E-state index in [0.717, 1.165) is 51.6 Å². The minimum atomic E-state index is -0.776. The monoisotopic (exact) mass is 316 g/mol. The van der Waals surface area contributed by atoms with Gasteiger partial charge in [-0.1, -0.05) is 39.5 Å². The highest BCUT2D eigenvalue weighted by Crippen LogP contribution is 2.02. The van der Waals surface area contributed by atoms with Crippen molar-refractivity contribution in [2.45, 2.75) is 77.3 Å². The van der Waals surface area contributed by atoms with E-state index >= 15 is 0 Å². The maximum absolute atomic E-state index is 10.9. The molecule has 6 nitrogen and oxygen atoms in total. The second-order valence-electron chi connectivity index (χ2n) is 5.68. The van der Waals surface area contributed by atoms with Gasteiger partial charge in [-0.3, -0.25) is 9.59 Å². The standard InChI is InChI=1S/C16H32N2O4/c1-3-9-13(15(19)20)17-11-7-5-6-8-12-18-14(10-4-2)16(21)22/h13-14,17-18H,3-12H2,1-2H3,(H,19,20)(H,21,22)/t13-,14-/m1/s1. The number of hydrogen-bond acceptors (Lipinski definition) is 4. The van der Waals surface area contributed by atoms with E-state index in [-0.39, 0.29) is 0 Å². The Labute approximate surface area is 133 Å². The molecule has 0 spiro atoms. The zero-order valence-corrected chi connectivity index (χ0v) is 13.9. The third kappa shape index (κ3) is 10.6. The van der Waals surface area contributed by atoms with Crippen molar-refractivity contribution < 1.29 is 19.8 Å². The predicted molar refractivity (Wildman–Crippen MR) is 87.1 cm³/mol. The molecule has 22 heavy (non-hydrogen) atoms. The lowest BCUT2D eigenvalue weighted by Gasteiger charge is -2.14. The molecule has 0 fully saturated rings. The first-order valence-electron chi connectivity index (χ1n) is 8.45. The third-order valence-corrected chi connectivity index (χ3v) is 3.64. The van der Waals surface area contributed by atoms with Crippen molar-refractivity contribution in [2.75, 3.05) is 13.1 Å². The molecule has 0 amide bonds. The summed E-state index contributed by atoms with van der Waals surface area (Å²) in [4.78, 5) is 21.9. The minimum absolute atomic E-state index is 0.433. The van der Waals surface area contributed by atoms with E-state index in [2.05, 4.69) is 10.6 Å². The molecular weight excluding hydrogens is 284 g/mol. The fourth-order valence-corrected chi connectivity index (χ4v) is 2.36. The van der Waals surface area contributed by atoms with Gasteiger partial charge in [0.05, 0.1) is 0 Å². The highest BCUT2D eigenvalue weighted by atomic mass is 16.4. The van der Waals surface area contributed by atoms with E-state index in [1.54, 1.807) is 0 Å². The Bertz CT molecular complexity index is 281. The van der Waals surface area contributed by atoms with Gasteiger partial charge in [-0.15, -0.1) is 0 Å². The van der Waals surface area contributed by atoms with Crippen LogP contribution in [0, 0.1) is 0 Å². The molecule has 4 N–H and O–H groups in total. The van der Waals surface area contributed by atoms with Gasteiger partial charge in [-0.25, -0.2) is 0 Å². The van der Waals surface area contributed by atoms with Gasteiger partial charge in [-0.05, 0) is 38.8 Å². The molecule has 0 saturated carbocycles. The SMILES string of the molecule is CCC[C@@H](NCCCCCCN[C@H](CCC)C(=O)O)C(=O)O. The number of unbranched alkanes of at least 4 members (excludes halogenated alkanes) is 3. The van der Waals surface area contributed by atoms with Crippen LogP contribution in [0.4, 0.5) is 0 Å². The average molecular weight is 316 g/mol. The van der Waals surface area contributed by atoms with Crippen LogP contribution < -0.4 is 10.6 Å². The molecule has 0 unspecified atom stereocenters. The van der Waals surface area contributed by atoms with E-state index in [1.807, 2.05) is 13.8 Å².